The molecular formula is C16H26N2OS. The molecule has 0 spiro atoms. The van der Waals surface area contributed by atoms with Gasteiger partial charge in [0.05, 0.1) is 5.92 Å². The van der Waals surface area contributed by atoms with Crippen LogP contribution >= 0.6 is 12.8 Å². The quantitative estimate of drug-likeness (QED) is 0.757. The summed E-state index contributed by atoms with van der Waals surface area (Å²) in [5, 5.41) is 0. The Balaban J connectivity index is 2.79. The molecular weight excluding hydrogens is 268 g/mol. The first-order valence-corrected chi connectivity index (χ1v) is 7.66. The fourth-order valence-corrected chi connectivity index (χ4v) is 2.76. The first-order valence-electron chi connectivity index (χ1n) is 7.22. The van der Waals surface area contributed by atoms with E-state index in [9.17, 15) is 4.79 Å². The maximum atomic E-state index is 12.1. The van der Waals surface area contributed by atoms with Gasteiger partial charge < -0.3 is 4.72 Å². The van der Waals surface area contributed by atoms with Gasteiger partial charge in [-0.05, 0) is 46.2 Å². The van der Waals surface area contributed by atoms with E-state index >= 15 is 0 Å². The van der Waals surface area contributed by atoms with Gasteiger partial charge in [0, 0.05) is 12.1 Å². The van der Waals surface area contributed by atoms with Crippen LogP contribution in [-0.2, 0) is 4.79 Å². The van der Waals surface area contributed by atoms with Crippen LogP contribution in [0.15, 0.2) is 30.3 Å². The van der Waals surface area contributed by atoms with Gasteiger partial charge >= 0.3 is 0 Å². The normalized spacial score (nSPS) is 13.0. The minimum absolute atomic E-state index is 0.0352. The molecule has 112 valence electrons. The minimum atomic E-state index is -0.145. The van der Waals surface area contributed by atoms with Crippen LogP contribution in [0.5, 0.6) is 0 Å². The number of benzene rings is 1. The average molecular weight is 294 g/mol. The average Bonchev–Trinajstić information content (AvgIpc) is 2.43. The largest absolute Gasteiger partial charge is 0.302 e. The molecule has 0 saturated carbocycles. The lowest BCUT2D eigenvalue weighted by Gasteiger charge is -2.31. The van der Waals surface area contributed by atoms with E-state index in [1.807, 2.05) is 30.3 Å². The maximum Gasteiger partial charge on any atom is 0.237 e. The van der Waals surface area contributed by atoms with E-state index < -0.39 is 0 Å². The number of thiol groups is 1. The molecule has 4 heteroatoms. The van der Waals surface area contributed by atoms with E-state index in [1.165, 1.54) is 0 Å². The molecule has 1 N–H and O–H groups in total. The molecule has 3 nitrogen and oxygen atoms in total. The van der Waals surface area contributed by atoms with Crippen LogP contribution in [0.2, 0.25) is 0 Å². The molecule has 0 bridgehead atoms. The summed E-state index contributed by atoms with van der Waals surface area (Å²) in [6.45, 7) is 9.66. The van der Waals surface area contributed by atoms with E-state index in [2.05, 4.69) is 50.1 Å². The van der Waals surface area contributed by atoms with Gasteiger partial charge in [0.1, 0.15) is 0 Å². The van der Waals surface area contributed by atoms with Crippen molar-refractivity contribution in [2.24, 2.45) is 0 Å². The lowest BCUT2D eigenvalue weighted by Crippen LogP contribution is -2.39. The second-order valence-electron chi connectivity index (χ2n) is 5.65. The van der Waals surface area contributed by atoms with Gasteiger partial charge in [-0.25, -0.2) is 0 Å². The van der Waals surface area contributed by atoms with E-state index in [1.54, 1.807) is 0 Å². The predicted octanol–water partition coefficient (Wildman–Crippen LogP) is 3.24. The van der Waals surface area contributed by atoms with Gasteiger partial charge in [-0.3, -0.25) is 9.69 Å². The van der Waals surface area contributed by atoms with Gasteiger partial charge in [-0.2, -0.15) is 0 Å². The van der Waals surface area contributed by atoms with Crippen LogP contribution in [0.25, 0.3) is 0 Å². The molecule has 0 aromatic heterocycles. The van der Waals surface area contributed by atoms with Crippen molar-refractivity contribution >= 4 is 18.7 Å². The molecule has 0 radical (unpaired) electrons. The molecule has 1 aromatic rings. The van der Waals surface area contributed by atoms with Crippen molar-refractivity contribution in [1.29, 1.82) is 0 Å². The molecule has 1 atom stereocenters. The summed E-state index contributed by atoms with van der Waals surface area (Å²) in [6, 6.07) is 10.9. The van der Waals surface area contributed by atoms with Crippen molar-refractivity contribution in [1.82, 2.24) is 9.62 Å². The van der Waals surface area contributed by atoms with Crippen LogP contribution < -0.4 is 4.72 Å². The molecule has 0 aliphatic heterocycles. The molecule has 0 saturated heterocycles. The van der Waals surface area contributed by atoms with Gasteiger partial charge in [-0.15, -0.1) is 0 Å². The molecule has 0 heterocycles. The zero-order valence-electron chi connectivity index (χ0n) is 12.8. The van der Waals surface area contributed by atoms with Crippen LogP contribution in [0.1, 0.15) is 45.6 Å². The van der Waals surface area contributed by atoms with Gasteiger partial charge in [0.2, 0.25) is 5.91 Å². The summed E-state index contributed by atoms with van der Waals surface area (Å²) in [7, 11) is 0. The number of nitrogens with one attached hydrogen (secondary N) is 1. The number of rotatable bonds is 7. The van der Waals surface area contributed by atoms with E-state index in [-0.39, 0.29) is 11.8 Å². The zero-order valence-corrected chi connectivity index (χ0v) is 13.7. The number of nitrogens with zero attached hydrogens (tertiary/aromatic N) is 1. The van der Waals surface area contributed by atoms with E-state index in [0.29, 0.717) is 12.1 Å². The third-order valence-corrected chi connectivity index (χ3v) is 3.85. The molecule has 0 aliphatic carbocycles. The second kappa shape index (κ2) is 8.32. The van der Waals surface area contributed by atoms with Crippen molar-refractivity contribution in [3.05, 3.63) is 35.9 Å². The summed E-state index contributed by atoms with van der Waals surface area (Å²) in [5.74, 6) is -0.180. The highest BCUT2D eigenvalue weighted by molar-refractivity contribution is 7.78. The Bertz CT molecular complexity index is 398. The van der Waals surface area contributed by atoms with Gasteiger partial charge in [0.15, 0.2) is 0 Å². The fourth-order valence-electron chi connectivity index (χ4n) is 2.60. The van der Waals surface area contributed by atoms with Crippen molar-refractivity contribution in [3.63, 3.8) is 0 Å². The predicted molar refractivity (Wildman–Crippen MR) is 87.9 cm³/mol. The fraction of sp³-hybridized carbons (Fsp3) is 0.562. The topological polar surface area (TPSA) is 32.3 Å². The number of hydrogen-bond acceptors (Lipinski definition) is 3. The highest BCUT2D eigenvalue weighted by Gasteiger charge is 2.22. The minimum Gasteiger partial charge on any atom is -0.302 e. The van der Waals surface area contributed by atoms with Crippen molar-refractivity contribution in [3.8, 4) is 0 Å². The Labute approximate surface area is 128 Å². The summed E-state index contributed by atoms with van der Waals surface area (Å²) >= 11 is 3.92. The summed E-state index contributed by atoms with van der Waals surface area (Å²) in [6.07, 6.45) is 0.798. The summed E-state index contributed by atoms with van der Waals surface area (Å²) < 4.78 is 2.48. The zero-order chi connectivity index (χ0) is 15.1. The van der Waals surface area contributed by atoms with Gasteiger partial charge in [-0.1, -0.05) is 43.1 Å². The van der Waals surface area contributed by atoms with Gasteiger partial charge in [0.25, 0.3) is 0 Å². The van der Waals surface area contributed by atoms with Crippen molar-refractivity contribution in [2.75, 3.05) is 6.54 Å². The van der Waals surface area contributed by atoms with Crippen molar-refractivity contribution in [2.45, 2.75) is 52.1 Å². The standard InChI is InChI=1S/C16H26N2OS/c1-12(2)18(13(3)4)11-10-15(16(19)17-20)14-8-6-5-7-9-14/h5-9,12-13,15,20H,10-11H2,1-4H3,(H,17,19). The summed E-state index contributed by atoms with van der Waals surface area (Å²) in [4.78, 5) is 14.5. The molecule has 1 unspecified atom stereocenters. The SMILES string of the molecule is CC(C)N(CCC(C(=O)NS)c1ccccc1)C(C)C. The first-order chi connectivity index (χ1) is 9.47. The van der Waals surface area contributed by atoms with E-state index in [0.717, 1.165) is 18.5 Å². The second-order valence-corrected chi connectivity index (χ2v) is 5.88. The lowest BCUT2D eigenvalue weighted by molar-refractivity contribution is -0.120. The molecule has 1 amide bonds. The van der Waals surface area contributed by atoms with Crippen LogP contribution in [0.4, 0.5) is 0 Å². The lowest BCUT2D eigenvalue weighted by atomic mass is 9.94. The maximum absolute atomic E-state index is 12.1. The molecule has 0 fully saturated rings. The van der Waals surface area contributed by atoms with Crippen LogP contribution in [0, 0.1) is 0 Å². The third-order valence-electron chi connectivity index (χ3n) is 3.63. The Morgan fingerprint density at radius 2 is 1.70 bits per heavy atom. The molecule has 1 rings (SSSR count). The van der Waals surface area contributed by atoms with Crippen molar-refractivity contribution < 1.29 is 4.79 Å². The smallest absolute Gasteiger partial charge is 0.237 e. The van der Waals surface area contributed by atoms with E-state index in [4.69, 9.17) is 0 Å². The monoisotopic (exact) mass is 294 g/mol. The Morgan fingerprint density at radius 1 is 1.15 bits per heavy atom. The summed E-state index contributed by atoms with van der Waals surface area (Å²) in [5.41, 5.74) is 1.05. The van der Waals surface area contributed by atoms with Crippen LogP contribution in [-0.4, -0.2) is 29.4 Å². The number of carbonyl (C=O) groups is 1. The number of carbonyl (C=O) groups excluding carboxylic acids is 1. The number of hydrogen-bond donors (Lipinski definition) is 2. The molecule has 20 heavy (non-hydrogen) atoms. The highest BCUT2D eigenvalue weighted by atomic mass is 32.1. The Kier molecular flexibility index (Phi) is 7.10. The highest BCUT2D eigenvalue weighted by Crippen LogP contribution is 2.21. The third kappa shape index (κ3) is 4.84. The van der Waals surface area contributed by atoms with Crippen LogP contribution in [0.3, 0.4) is 0 Å². The first kappa shape index (κ1) is 17.1. The number of amides is 1. The molecule has 1 aromatic carbocycles. The molecule has 0 aliphatic rings. The Hall–Kier alpha value is -1.00. The Morgan fingerprint density at radius 3 is 2.15 bits per heavy atom.